The van der Waals surface area contributed by atoms with Crippen LogP contribution in [0.25, 0.3) is 0 Å². The molecule has 0 aliphatic carbocycles. The van der Waals surface area contributed by atoms with Crippen LogP contribution in [0.5, 0.6) is 0 Å². The maximum absolute atomic E-state index is 12.3. The van der Waals surface area contributed by atoms with Gasteiger partial charge in [0.2, 0.25) is 0 Å². The van der Waals surface area contributed by atoms with Crippen molar-refractivity contribution in [2.24, 2.45) is 0 Å². The summed E-state index contributed by atoms with van der Waals surface area (Å²) in [6.45, 7) is 1.79. The second kappa shape index (κ2) is 6.07. The number of rotatable bonds is 3. The molecule has 2 rings (SSSR count). The minimum absolute atomic E-state index is 0.151. The lowest BCUT2D eigenvalue weighted by molar-refractivity contribution is 0.102. The average molecular weight is 311 g/mol. The van der Waals surface area contributed by atoms with Crippen molar-refractivity contribution in [1.29, 1.82) is 0 Å². The summed E-state index contributed by atoms with van der Waals surface area (Å²) < 4.78 is 0. The van der Waals surface area contributed by atoms with Crippen molar-refractivity contribution in [1.82, 2.24) is 9.97 Å². The normalized spacial score (nSPS) is 10.2. The number of hydrogen-bond acceptors (Lipinski definition) is 4. The van der Waals surface area contributed by atoms with Gasteiger partial charge in [0.25, 0.3) is 5.91 Å². The van der Waals surface area contributed by atoms with E-state index in [9.17, 15) is 4.79 Å². The topological polar surface area (TPSA) is 66.9 Å². The monoisotopic (exact) mass is 310 g/mol. The molecule has 0 radical (unpaired) electrons. The predicted octanol–water partition coefficient (Wildman–Crippen LogP) is 3.39. The third-order valence-corrected chi connectivity index (χ3v) is 3.14. The van der Waals surface area contributed by atoms with E-state index in [0.29, 0.717) is 17.1 Å². The highest BCUT2D eigenvalue weighted by atomic mass is 35.5. The standard InChI is InChI=1S/C13H12Cl2N4O/c1-7-6-9(14)18-11(15)10(7)19-13(20)8-4-3-5-17-12(8)16-2/h3-6H,1-2H3,(H,16,17)(H,19,20). The van der Waals surface area contributed by atoms with Crippen LogP contribution in [0.3, 0.4) is 0 Å². The zero-order valence-corrected chi connectivity index (χ0v) is 12.4. The van der Waals surface area contributed by atoms with Crippen LogP contribution in [0.4, 0.5) is 11.5 Å². The fourth-order valence-electron chi connectivity index (χ4n) is 1.71. The molecule has 0 bridgehead atoms. The second-order valence-electron chi connectivity index (χ2n) is 4.03. The van der Waals surface area contributed by atoms with Gasteiger partial charge in [0.1, 0.15) is 11.0 Å². The Morgan fingerprint density at radius 1 is 1.35 bits per heavy atom. The summed E-state index contributed by atoms with van der Waals surface area (Å²) >= 11 is 11.8. The fraction of sp³-hybridized carbons (Fsp3) is 0.154. The molecule has 2 aromatic rings. The van der Waals surface area contributed by atoms with Crippen molar-refractivity contribution in [3.63, 3.8) is 0 Å². The summed E-state index contributed by atoms with van der Waals surface area (Å²) in [5.41, 5.74) is 1.59. The van der Waals surface area contributed by atoms with Crippen LogP contribution in [0.1, 0.15) is 15.9 Å². The van der Waals surface area contributed by atoms with Gasteiger partial charge in [-0.15, -0.1) is 0 Å². The third-order valence-electron chi connectivity index (χ3n) is 2.67. The van der Waals surface area contributed by atoms with E-state index < -0.39 is 0 Å². The van der Waals surface area contributed by atoms with Crippen LogP contribution >= 0.6 is 23.2 Å². The van der Waals surface area contributed by atoms with Gasteiger partial charge in [-0.05, 0) is 30.7 Å². The molecular formula is C13H12Cl2N4O. The number of carbonyl (C=O) groups is 1. The first-order valence-corrected chi connectivity index (χ1v) is 6.55. The molecule has 0 atom stereocenters. The lowest BCUT2D eigenvalue weighted by atomic mass is 10.2. The smallest absolute Gasteiger partial charge is 0.259 e. The molecule has 20 heavy (non-hydrogen) atoms. The van der Waals surface area contributed by atoms with E-state index in [1.165, 1.54) is 0 Å². The lowest BCUT2D eigenvalue weighted by Crippen LogP contribution is -2.16. The van der Waals surface area contributed by atoms with Gasteiger partial charge in [-0.2, -0.15) is 0 Å². The van der Waals surface area contributed by atoms with Gasteiger partial charge < -0.3 is 10.6 Å². The highest BCUT2D eigenvalue weighted by Gasteiger charge is 2.15. The number of anilines is 2. The van der Waals surface area contributed by atoms with Crippen LogP contribution in [0.15, 0.2) is 24.4 Å². The molecule has 104 valence electrons. The summed E-state index contributed by atoms with van der Waals surface area (Å²) in [6, 6.07) is 4.98. The van der Waals surface area contributed by atoms with Crippen LogP contribution in [-0.4, -0.2) is 22.9 Å². The van der Waals surface area contributed by atoms with E-state index in [2.05, 4.69) is 20.6 Å². The van der Waals surface area contributed by atoms with Crippen molar-refractivity contribution in [2.45, 2.75) is 6.92 Å². The summed E-state index contributed by atoms with van der Waals surface area (Å²) in [5.74, 6) is 0.164. The van der Waals surface area contributed by atoms with Crippen molar-refractivity contribution in [2.75, 3.05) is 17.7 Å². The molecule has 0 fully saturated rings. The van der Waals surface area contributed by atoms with Gasteiger partial charge in [0.05, 0.1) is 11.3 Å². The average Bonchev–Trinajstić information content (AvgIpc) is 2.42. The number of aryl methyl sites for hydroxylation is 1. The van der Waals surface area contributed by atoms with Crippen molar-refractivity contribution in [3.8, 4) is 0 Å². The van der Waals surface area contributed by atoms with Crippen molar-refractivity contribution >= 4 is 40.6 Å². The van der Waals surface area contributed by atoms with Gasteiger partial charge in [0, 0.05) is 13.2 Å². The number of carbonyl (C=O) groups excluding carboxylic acids is 1. The molecule has 0 unspecified atom stereocenters. The maximum Gasteiger partial charge on any atom is 0.259 e. The van der Waals surface area contributed by atoms with Crippen molar-refractivity contribution < 1.29 is 4.79 Å². The first-order chi connectivity index (χ1) is 9.52. The molecule has 7 heteroatoms. The second-order valence-corrected chi connectivity index (χ2v) is 4.78. The Morgan fingerprint density at radius 2 is 2.10 bits per heavy atom. The summed E-state index contributed by atoms with van der Waals surface area (Å²) in [6.07, 6.45) is 1.60. The van der Waals surface area contributed by atoms with Gasteiger partial charge in [-0.25, -0.2) is 9.97 Å². The van der Waals surface area contributed by atoms with E-state index in [0.717, 1.165) is 5.56 Å². The number of nitrogens with zero attached hydrogens (tertiary/aromatic N) is 2. The number of halogens is 2. The molecule has 0 saturated carbocycles. The maximum atomic E-state index is 12.3. The van der Waals surface area contributed by atoms with Crippen molar-refractivity contribution in [3.05, 3.63) is 45.8 Å². The van der Waals surface area contributed by atoms with Crippen LogP contribution < -0.4 is 10.6 Å². The SMILES string of the molecule is CNc1ncccc1C(=O)Nc1c(C)cc(Cl)nc1Cl. The molecular weight excluding hydrogens is 299 g/mol. The molecule has 5 nitrogen and oxygen atoms in total. The number of hydrogen-bond donors (Lipinski definition) is 2. The van der Waals surface area contributed by atoms with E-state index in [1.54, 1.807) is 38.4 Å². The molecule has 0 aliphatic heterocycles. The molecule has 1 amide bonds. The van der Waals surface area contributed by atoms with Crippen LogP contribution in [0, 0.1) is 6.92 Å². The minimum atomic E-state index is -0.323. The Bertz CT molecular complexity index is 638. The minimum Gasteiger partial charge on any atom is -0.372 e. The number of aromatic nitrogens is 2. The highest BCUT2D eigenvalue weighted by Crippen LogP contribution is 2.27. The quantitative estimate of drug-likeness (QED) is 0.853. The summed E-state index contributed by atoms with van der Waals surface area (Å²) in [4.78, 5) is 20.3. The first-order valence-electron chi connectivity index (χ1n) is 5.79. The largest absolute Gasteiger partial charge is 0.372 e. The van der Waals surface area contributed by atoms with Crippen LogP contribution in [-0.2, 0) is 0 Å². The molecule has 0 aliphatic rings. The summed E-state index contributed by atoms with van der Waals surface area (Å²) in [5, 5.41) is 6.02. The zero-order valence-electron chi connectivity index (χ0n) is 10.9. The van der Waals surface area contributed by atoms with E-state index in [-0.39, 0.29) is 16.2 Å². The molecule has 0 spiro atoms. The Morgan fingerprint density at radius 3 is 2.75 bits per heavy atom. The van der Waals surface area contributed by atoms with Gasteiger partial charge in [0.15, 0.2) is 5.15 Å². The number of nitrogens with one attached hydrogen (secondary N) is 2. The summed E-state index contributed by atoms with van der Waals surface area (Å²) in [7, 11) is 1.70. The highest BCUT2D eigenvalue weighted by molar-refractivity contribution is 6.35. The molecule has 0 saturated heterocycles. The Hall–Kier alpha value is -1.85. The molecule has 0 aromatic carbocycles. The van der Waals surface area contributed by atoms with Crippen LogP contribution in [0.2, 0.25) is 10.3 Å². The predicted molar refractivity (Wildman–Crippen MR) is 80.7 cm³/mol. The molecule has 2 aromatic heterocycles. The molecule has 2 heterocycles. The van der Waals surface area contributed by atoms with Gasteiger partial charge >= 0.3 is 0 Å². The Balaban J connectivity index is 2.33. The van der Waals surface area contributed by atoms with Gasteiger partial charge in [-0.3, -0.25) is 4.79 Å². The molecule has 2 N–H and O–H groups in total. The first kappa shape index (κ1) is 14.6. The Kier molecular flexibility index (Phi) is 4.42. The fourth-order valence-corrected chi connectivity index (χ4v) is 2.29. The lowest BCUT2D eigenvalue weighted by Gasteiger charge is -2.12. The van der Waals surface area contributed by atoms with E-state index >= 15 is 0 Å². The Labute approximate surface area is 126 Å². The zero-order chi connectivity index (χ0) is 14.7. The third kappa shape index (κ3) is 3.00. The van der Waals surface area contributed by atoms with Gasteiger partial charge in [-0.1, -0.05) is 23.2 Å². The van der Waals surface area contributed by atoms with E-state index in [1.807, 2.05) is 0 Å². The number of amides is 1. The number of pyridine rings is 2. The van der Waals surface area contributed by atoms with E-state index in [4.69, 9.17) is 23.2 Å².